The van der Waals surface area contributed by atoms with E-state index in [9.17, 15) is 4.79 Å². The molecule has 92 valence electrons. The van der Waals surface area contributed by atoms with Crippen LogP contribution in [-0.2, 0) is 4.79 Å². The maximum Gasteiger partial charge on any atom is 0.235 e. The zero-order valence-electron chi connectivity index (χ0n) is 9.23. The van der Waals surface area contributed by atoms with Crippen LogP contribution in [0.25, 0.3) is 0 Å². The first-order valence-corrected chi connectivity index (χ1v) is 7.23. The van der Waals surface area contributed by atoms with E-state index in [0.717, 1.165) is 22.3 Å². The highest BCUT2D eigenvalue weighted by molar-refractivity contribution is 9.10. The smallest absolute Gasteiger partial charge is 0.235 e. The van der Waals surface area contributed by atoms with E-state index in [1.54, 1.807) is 6.20 Å². The van der Waals surface area contributed by atoms with Crippen LogP contribution in [0.4, 0.5) is 0 Å². The van der Waals surface area contributed by atoms with Gasteiger partial charge in [-0.1, -0.05) is 0 Å². The van der Waals surface area contributed by atoms with Gasteiger partial charge in [-0.3, -0.25) is 4.79 Å². The molecule has 3 N–H and O–H groups in total. The van der Waals surface area contributed by atoms with Crippen molar-refractivity contribution >= 4 is 33.6 Å². The Morgan fingerprint density at radius 2 is 2.47 bits per heavy atom. The van der Waals surface area contributed by atoms with E-state index in [1.165, 1.54) is 11.8 Å². The van der Waals surface area contributed by atoms with Crippen LogP contribution >= 0.6 is 27.7 Å². The minimum Gasteiger partial charge on any atom is -0.368 e. The number of hydrogen-bond acceptors (Lipinski definition) is 4. The fourth-order valence-electron chi connectivity index (χ4n) is 1.39. The maximum atomic E-state index is 11.3. The molecule has 1 unspecified atom stereocenters. The molecule has 1 heterocycles. The minimum atomic E-state index is -0.295. The van der Waals surface area contributed by atoms with Crippen LogP contribution in [0, 0.1) is 0 Å². The second kappa shape index (κ2) is 5.84. The molecule has 0 radical (unpaired) electrons. The van der Waals surface area contributed by atoms with Crippen molar-refractivity contribution in [1.82, 2.24) is 10.3 Å². The normalized spacial score (nSPS) is 16.8. The number of nitrogens with two attached hydrogens (primary N) is 1. The second-order valence-electron chi connectivity index (χ2n) is 4.00. The Morgan fingerprint density at radius 1 is 1.71 bits per heavy atom. The molecular weight excluding hydrogens is 302 g/mol. The summed E-state index contributed by atoms with van der Waals surface area (Å²) in [6.45, 7) is 0. The Balaban J connectivity index is 1.90. The molecule has 0 spiro atoms. The summed E-state index contributed by atoms with van der Waals surface area (Å²) in [7, 11) is 0. The summed E-state index contributed by atoms with van der Waals surface area (Å²) >= 11 is 4.96. The van der Waals surface area contributed by atoms with E-state index in [-0.39, 0.29) is 11.9 Å². The zero-order chi connectivity index (χ0) is 12.3. The Hall–Kier alpha value is -0.590. The largest absolute Gasteiger partial charge is 0.368 e. The van der Waals surface area contributed by atoms with Gasteiger partial charge < -0.3 is 11.1 Å². The number of nitrogens with one attached hydrogen (secondary N) is 1. The van der Waals surface area contributed by atoms with E-state index in [2.05, 4.69) is 26.2 Å². The van der Waals surface area contributed by atoms with Crippen LogP contribution in [0.5, 0.6) is 0 Å². The van der Waals surface area contributed by atoms with Crippen molar-refractivity contribution in [2.24, 2.45) is 5.73 Å². The van der Waals surface area contributed by atoms with E-state index >= 15 is 0 Å². The predicted molar refractivity (Wildman–Crippen MR) is 71.8 cm³/mol. The SMILES string of the molecule is NC(=O)C(CSc1ncccc1Br)NC1CC1. The van der Waals surface area contributed by atoms with Crippen molar-refractivity contribution in [3.63, 3.8) is 0 Å². The summed E-state index contributed by atoms with van der Waals surface area (Å²) in [4.78, 5) is 15.5. The van der Waals surface area contributed by atoms with E-state index in [1.807, 2.05) is 12.1 Å². The topological polar surface area (TPSA) is 68.0 Å². The molecule has 4 nitrogen and oxygen atoms in total. The molecule has 1 aromatic rings. The van der Waals surface area contributed by atoms with Crippen molar-refractivity contribution < 1.29 is 4.79 Å². The quantitative estimate of drug-likeness (QED) is 0.781. The number of pyridine rings is 1. The Morgan fingerprint density at radius 3 is 3.06 bits per heavy atom. The number of aromatic nitrogens is 1. The summed E-state index contributed by atoms with van der Waals surface area (Å²) in [5, 5.41) is 4.13. The van der Waals surface area contributed by atoms with Crippen LogP contribution in [0.15, 0.2) is 27.8 Å². The molecule has 17 heavy (non-hydrogen) atoms. The van der Waals surface area contributed by atoms with Crippen molar-refractivity contribution in [2.45, 2.75) is 30.0 Å². The summed E-state index contributed by atoms with van der Waals surface area (Å²) in [6.07, 6.45) is 4.02. The van der Waals surface area contributed by atoms with Crippen LogP contribution in [0.3, 0.4) is 0 Å². The van der Waals surface area contributed by atoms with Crippen molar-refractivity contribution in [1.29, 1.82) is 0 Å². The molecule has 1 aliphatic rings. The van der Waals surface area contributed by atoms with Gasteiger partial charge in [0.2, 0.25) is 5.91 Å². The summed E-state index contributed by atoms with van der Waals surface area (Å²) in [6, 6.07) is 3.99. The third-order valence-electron chi connectivity index (χ3n) is 2.47. The molecular formula is C11H14BrN3OS. The van der Waals surface area contributed by atoms with Gasteiger partial charge in [0, 0.05) is 22.5 Å². The first-order valence-electron chi connectivity index (χ1n) is 5.45. The molecule has 0 saturated heterocycles. The van der Waals surface area contributed by atoms with Crippen LogP contribution < -0.4 is 11.1 Å². The van der Waals surface area contributed by atoms with Gasteiger partial charge in [0.25, 0.3) is 0 Å². The molecule has 0 aromatic carbocycles. The van der Waals surface area contributed by atoms with Crippen LogP contribution in [-0.4, -0.2) is 28.7 Å². The first kappa shape index (κ1) is 12.9. The maximum absolute atomic E-state index is 11.3. The number of hydrogen-bond donors (Lipinski definition) is 2. The van der Waals surface area contributed by atoms with Gasteiger partial charge in [-0.05, 0) is 40.9 Å². The standard InChI is InChI=1S/C11H14BrN3OS/c12-8-2-1-5-14-11(8)17-6-9(10(13)16)15-7-3-4-7/h1-2,5,7,9,15H,3-4,6H2,(H2,13,16). The number of amides is 1. The molecule has 1 aromatic heterocycles. The third kappa shape index (κ3) is 3.97. The van der Waals surface area contributed by atoms with Gasteiger partial charge in [0.15, 0.2) is 0 Å². The molecule has 0 aliphatic heterocycles. The van der Waals surface area contributed by atoms with Crippen LogP contribution in [0.2, 0.25) is 0 Å². The number of nitrogens with zero attached hydrogens (tertiary/aromatic N) is 1. The minimum absolute atomic E-state index is 0.276. The predicted octanol–water partition coefficient (Wildman–Crippen LogP) is 1.54. The van der Waals surface area contributed by atoms with E-state index in [0.29, 0.717) is 11.8 Å². The molecule has 1 amide bonds. The van der Waals surface area contributed by atoms with E-state index < -0.39 is 0 Å². The van der Waals surface area contributed by atoms with Gasteiger partial charge in [0.1, 0.15) is 5.03 Å². The number of primary amides is 1. The van der Waals surface area contributed by atoms with Crippen molar-refractivity contribution in [3.05, 3.63) is 22.8 Å². The average molecular weight is 316 g/mol. The van der Waals surface area contributed by atoms with Crippen LogP contribution in [0.1, 0.15) is 12.8 Å². The second-order valence-corrected chi connectivity index (χ2v) is 5.86. The van der Waals surface area contributed by atoms with E-state index in [4.69, 9.17) is 5.73 Å². The molecule has 1 fully saturated rings. The average Bonchev–Trinajstić information content (AvgIpc) is 3.09. The van der Waals surface area contributed by atoms with Gasteiger partial charge in [0.05, 0.1) is 6.04 Å². The fourth-order valence-corrected chi connectivity index (χ4v) is 2.91. The molecule has 2 rings (SSSR count). The zero-order valence-corrected chi connectivity index (χ0v) is 11.6. The molecule has 1 atom stereocenters. The Bertz CT molecular complexity index is 411. The van der Waals surface area contributed by atoms with Crippen molar-refractivity contribution in [3.8, 4) is 0 Å². The third-order valence-corrected chi connectivity index (χ3v) is 4.47. The molecule has 1 aliphatic carbocycles. The first-order chi connectivity index (χ1) is 8.16. The van der Waals surface area contributed by atoms with Gasteiger partial charge in [-0.2, -0.15) is 0 Å². The highest BCUT2D eigenvalue weighted by Crippen LogP contribution is 2.26. The van der Waals surface area contributed by atoms with Crippen molar-refractivity contribution in [2.75, 3.05) is 5.75 Å². The monoisotopic (exact) mass is 315 g/mol. The highest BCUT2D eigenvalue weighted by atomic mass is 79.9. The Labute approximate surface area is 113 Å². The lowest BCUT2D eigenvalue weighted by Gasteiger charge is -2.14. The summed E-state index contributed by atoms with van der Waals surface area (Å²) in [5.74, 6) is 0.318. The fraction of sp³-hybridized carbons (Fsp3) is 0.455. The number of rotatable bonds is 6. The number of carbonyl (C=O) groups excluding carboxylic acids is 1. The molecule has 1 saturated carbocycles. The summed E-state index contributed by atoms with van der Waals surface area (Å²) in [5.41, 5.74) is 5.37. The lowest BCUT2D eigenvalue weighted by Crippen LogP contribution is -2.44. The Kier molecular flexibility index (Phi) is 4.42. The van der Waals surface area contributed by atoms with Gasteiger partial charge in [-0.25, -0.2) is 4.98 Å². The number of carbonyl (C=O) groups is 1. The lowest BCUT2D eigenvalue weighted by molar-refractivity contribution is -0.119. The molecule has 6 heteroatoms. The summed E-state index contributed by atoms with van der Waals surface area (Å²) < 4.78 is 0.944. The lowest BCUT2D eigenvalue weighted by atomic mass is 10.3. The van der Waals surface area contributed by atoms with Gasteiger partial charge in [-0.15, -0.1) is 11.8 Å². The number of halogens is 1. The number of thioether (sulfide) groups is 1. The highest BCUT2D eigenvalue weighted by Gasteiger charge is 2.27. The van der Waals surface area contributed by atoms with Gasteiger partial charge >= 0.3 is 0 Å². The molecule has 0 bridgehead atoms.